The van der Waals surface area contributed by atoms with Crippen molar-refractivity contribution in [3.63, 3.8) is 0 Å². The third kappa shape index (κ3) is 4.76. The van der Waals surface area contributed by atoms with E-state index in [0.717, 1.165) is 0 Å². The number of benzene rings is 2. The minimum absolute atomic E-state index is 0. The number of fused-ring (bicyclic) bond motifs is 4. The third-order valence-corrected chi connectivity index (χ3v) is 12.0. The van der Waals surface area contributed by atoms with Crippen molar-refractivity contribution in [3.8, 4) is 0 Å². The van der Waals surface area contributed by atoms with Crippen molar-refractivity contribution in [1.29, 1.82) is 0 Å². The normalized spacial score (nSPS) is 29.6. The number of aliphatic hydroxyl groups excluding tert-OH is 2. The Labute approximate surface area is 284 Å². The zero-order chi connectivity index (χ0) is 36.4. The second-order valence-electron chi connectivity index (χ2n) is 14.4. The second kappa shape index (κ2) is 11.9. The maximum atomic E-state index is 13.9. The first-order valence-corrected chi connectivity index (χ1v) is 14.9. The number of hydrogen-bond donors (Lipinski definition) is 2. The summed E-state index contributed by atoms with van der Waals surface area (Å²) in [6, 6.07) is 0. The average molecular weight is 751 g/mol. The fraction of sp³-hybridized carbons (Fsp3) is 0.471. The summed E-state index contributed by atoms with van der Waals surface area (Å²) >= 11 is 0. The Bertz CT molecular complexity index is 1710. The molecule has 0 aliphatic heterocycles. The molecule has 2 aromatic carbocycles. The SMILES string of the molecule is CC12CCC(/C(=C(/O)c3c(F)c(F)c(F)c(F)c3F)C1=O)C2(C)C.CC12CCC(/C(=C(/O)c3c(F)c(F)c(F)c(F)c3F)C1=O)C2(C)C.[Ni]. The van der Waals surface area contributed by atoms with Gasteiger partial charge in [-0.3, -0.25) is 9.59 Å². The molecule has 49 heavy (non-hydrogen) atoms. The van der Waals surface area contributed by atoms with Crippen molar-refractivity contribution in [3.05, 3.63) is 80.4 Å². The Morgan fingerprint density at radius 1 is 0.490 bits per heavy atom. The molecule has 4 nitrogen and oxygen atoms in total. The van der Waals surface area contributed by atoms with Gasteiger partial charge in [-0.15, -0.1) is 0 Å². The molecule has 0 amide bonds. The van der Waals surface area contributed by atoms with Crippen LogP contribution in [0.4, 0.5) is 43.9 Å². The summed E-state index contributed by atoms with van der Waals surface area (Å²) in [5.41, 5.74) is -6.25. The molecule has 4 bridgehead atoms. The van der Waals surface area contributed by atoms with Gasteiger partial charge in [0.2, 0.25) is 11.6 Å². The molecule has 4 aliphatic rings. The molecule has 4 saturated carbocycles. The van der Waals surface area contributed by atoms with Crippen LogP contribution < -0.4 is 0 Å². The zero-order valence-corrected chi connectivity index (χ0v) is 27.8. The van der Waals surface area contributed by atoms with E-state index < -0.39 is 126 Å². The summed E-state index contributed by atoms with van der Waals surface area (Å²) in [6.45, 7) is 10.5. The summed E-state index contributed by atoms with van der Waals surface area (Å²) in [5, 5.41) is 20.6. The topological polar surface area (TPSA) is 74.6 Å². The van der Waals surface area contributed by atoms with Gasteiger partial charge in [0.25, 0.3) is 0 Å². The van der Waals surface area contributed by atoms with Gasteiger partial charge in [-0.1, -0.05) is 41.5 Å². The second-order valence-corrected chi connectivity index (χ2v) is 14.4. The fourth-order valence-corrected chi connectivity index (χ4v) is 8.17. The van der Waals surface area contributed by atoms with Crippen LogP contribution in [0.2, 0.25) is 0 Å². The van der Waals surface area contributed by atoms with Gasteiger partial charge in [0.05, 0.1) is 11.1 Å². The van der Waals surface area contributed by atoms with Gasteiger partial charge in [0, 0.05) is 38.5 Å². The predicted molar refractivity (Wildman–Crippen MR) is 151 cm³/mol. The van der Waals surface area contributed by atoms with E-state index in [2.05, 4.69) is 0 Å². The number of carbonyl (C=O) groups is 2. The standard InChI is InChI=1S/2C17H15F5O2.Ni/c2*1-16(2)6-4-5-17(16,3)15(24)7(6)14(23)8-9(18)11(20)13(22)12(21)10(8)19;/h2*6,23H,4-5H2,1-3H3;/b2*14-7-;. The van der Waals surface area contributed by atoms with Crippen molar-refractivity contribution in [2.75, 3.05) is 0 Å². The average Bonchev–Trinajstić information content (AvgIpc) is 3.52. The molecule has 2 N–H and O–H groups in total. The molecule has 0 aromatic heterocycles. The first kappa shape index (κ1) is 38.5. The van der Waals surface area contributed by atoms with Crippen LogP contribution in [0.3, 0.4) is 0 Å². The largest absolute Gasteiger partial charge is 0.507 e. The number of halogens is 10. The molecule has 0 saturated heterocycles. The van der Waals surface area contributed by atoms with Crippen molar-refractivity contribution in [2.45, 2.75) is 67.2 Å². The Morgan fingerprint density at radius 3 is 0.918 bits per heavy atom. The smallest absolute Gasteiger partial charge is 0.200 e. The molecular formula is C34H30F10NiO4. The molecule has 270 valence electrons. The minimum atomic E-state index is -2.31. The van der Waals surface area contributed by atoms with Gasteiger partial charge in [0.15, 0.2) is 58.1 Å². The molecule has 4 fully saturated rings. The molecule has 2 aromatic rings. The van der Waals surface area contributed by atoms with Gasteiger partial charge in [0.1, 0.15) is 11.5 Å². The van der Waals surface area contributed by atoms with Crippen molar-refractivity contribution in [2.24, 2.45) is 33.5 Å². The van der Waals surface area contributed by atoms with E-state index in [1.807, 2.05) is 0 Å². The van der Waals surface area contributed by atoms with E-state index in [1.54, 1.807) is 41.5 Å². The first-order valence-electron chi connectivity index (χ1n) is 14.9. The Hall–Kier alpha value is -3.35. The number of allylic oxidation sites excluding steroid dienone is 2. The van der Waals surface area contributed by atoms with Crippen molar-refractivity contribution >= 4 is 23.1 Å². The number of rotatable bonds is 2. The maximum absolute atomic E-state index is 13.9. The van der Waals surface area contributed by atoms with Gasteiger partial charge >= 0.3 is 0 Å². The van der Waals surface area contributed by atoms with E-state index in [1.165, 1.54) is 0 Å². The van der Waals surface area contributed by atoms with Crippen LogP contribution in [0, 0.1) is 91.7 Å². The van der Waals surface area contributed by atoms with E-state index in [4.69, 9.17) is 0 Å². The summed E-state index contributed by atoms with van der Waals surface area (Å²) in [5.74, 6) is -26.2. The van der Waals surface area contributed by atoms with Crippen LogP contribution in [0.15, 0.2) is 11.1 Å². The number of ketones is 2. The number of Topliss-reactive ketones (excluding diaryl/α,β-unsaturated/α-hetero) is 2. The summed E-state index contributed by atoms with van der Waals surface area (Å²) in [7, 11) is 0. The maximum Gasteiger partial charge on any atom is 0.200 e. The van der Waals surface area contributed by atoms with Crippen molar-refractivity contribution in [1.82, 2.24) is 0 Å². The molecule has 0 heterocycles. The molecule has 4 unspecified atom stereocenters. The Morgan fingerprint density at radius 2 is 0.714 bits per heavy atom. The van der Waals surface area contributed by atoms with Crippen LogP contribution in [-0.4, -0.2) is 21.8 Å². The summed E-state index contributed by atoms with van der Waals surface area (Å²) in [4.78, 5) is 25.3. The first-order chi connectivity index (χ1) is 21.9. The number of carbonyl (C=O) groups excluding carboxylic acids is 2. The van der Waals surface area contributed by atoms with E-state index in [-0.39, 0.29) is 27.6 Å². The van der Waals surface area contributed by atoms with Gasteiger partial charge < -0.3 is 10.2 Å². The van der Waals surface area contributed by atoms with E-state index in [9.17, 15) is 63.7 Å². The Kier molecular flexibility index (Phi) is 9.32. The molecule has 0 spiro atoms. The van der Waals surface area contributed by atoms with Crippen LogP contribution >= 0.6 is 0 Å². The van der Waals surface area contributed by atoms with Gasteiger partial charge in [-0.2, -0.15) is 0 Å². The Balaban J connectivity index is 0.000000216. The number of aliphatic hydroxyl groups is 2. The quantitative estimate of drug-likeness (QED) is 0.0802. The molecule has 4 aliphatic carbocycles. The number of hydrogen-bond acceptors (Lipinski definition) is 4. The van der Waals surface area contributed by atoms with Gasteiger partial charge in [-0.05, 0) is 48.3 Å². The minimum Gasteiger partial charge on any atom is -0.507 e. The zero-order valence-electron chi connectivity index (χ0n) is 26.8. The van der Waals surface area contributed by atoms with Crippen molar-refractivity contribution < 1.29 is 80.2 Å². The van der Waals surface area contributed by atoms with E-state index >= 15 is 0 Å². The van der Waals surface area contributed by atoms with Crippen LogP contribution in [0.5, 0.6) is 0 Å². The fourth-order valence-electron chi connectivity index (χ4n) is 8.17. The van der Waals surface area contributed by atoms with Crippen LogP contribution in [-0.2, 0) is 26.1 Å². The third-order valence-electron chi connectivity index (χ3n) is 12.0. The summed E-state index contributed by atoms with van der Waals surface area (Å²) in [6.07, 6.45) is 2.06. The molecule has 0 radical (unpaired) electrons. The summed E-state index contributed by atoms with van der Waals surface area (Å²) < 4.78 is 136. The molecule has 15 heteroatoms. The monoisotopic (exact) mass is 750 g/mol. The predicted octanol–water partition coefficient (Wildman–Crippen LogP) is 9.35. The van der Waals surface area contributed by atoms with Crippen LogP contribution in [0.1, 0.15) is 78.4 Å². The molecular weight excluding hydrogens is 721 g/mol. The van der Waals surface area contributed by atoms with E-state index in [0.29, 0.717) is 25.7 Å². The van der Waals surface area contributed by atoms with Gasteiger partial charge in [-0.25, -0.2) is 43.9 Å². The molecule has 4 atom stereocenters. The molecule has 6 rings (SSSR count). The van der Waals surface area contributed by atoms with Crippen LogP contribution in [0.25, 0.3) is 11.5 Å².